The molecule has 1 aliphatic rings. The minimum absolute atomic E-state index is 0.000128. The summed E-state index contributed by atoms with van der Waals surface area (Å²) in [5.41, 5.74) is 0.706. The molecular weight excluding hydrogens is 575 g/mol. The quantitative estimate of drug-likeness (QED) is 0.382. The largest absolute Gasteiger partial charge is 0.488 e. The van der Waals surface area contributed by atoms with Crippen LogP contribution in [0.2, 0.25) is 0 Å². The molecule has 1 amide bonds. The Hall–Kier alpha value is -2.97. The molecule has 13 heteroatoms. The molecule has 0 bridgehead atoms. The van der Waals surface area contributed by atoms with E-state index in [1.807, 2.05) is 6.92 Å². The van der Waals surface area contributed by atoms with Crippen LogP contribution in [0.4, 0.5) is 5.69 Å². The molecule has 0 unspecified atom stereocenters. The number of likely N-dealkylation sites (N-methyl/N-ethyl adjacent to an activating group) is 1. The fourth-order valence-corrected chi connectivity index (χ4v) is 7.70. The van der Waals surface area contributed by atoms with Crippen molar-refractivity contribution in [3.8, 4) is 5.75 Å². The number of nitrogens with one attached hydrogen (secondary N) is 1. The minimum Gasteiger partial charge on any atom is -0.488 e. The van der Waals surface area contributed by atoms with Crippen LogP contribution in [0.3, 0.4) is 0 Å². The van der Waals surface area contributed by atoms with Crippen LogP contribution >= 0.6 is 11.3 Å². The van der Waals surface area contributed by atoms with Crippen molar-refractivity contribution in [3.63, 3.8) is 0 Å². The Bertz CT molecular complexity index is 1530. The van der Waals surface area contributed by atoms with Gasteiger partial charge in [0.2, 0.25) is 15.9 Å². The lowest BCUT2D eigenvalue weighted by atomic mass is 10.0. The van der Waals surface area contributed by atoms with E-state index in [2.05, 4.69) is 4.72 Å². The van der Waals surface area contributed by atoms with Gasteiger partial charge in [-0.3, -0.25) is 9.52 Å². The molecule has 0 spiro atoms. The number of sulfonamides is 2. The number of thiophene rings is 1. The summed E-state index contributed by atoms with van der Waals surface area (Å²) in [6.45, 7) is 3.58. The lowest BCUT2D eigenvalue weighted by Crippen LogP contribution is -2.48. The number of ether oxygens (including phenoxy) is 1. The number of anilines is 1. The van der Waals surface area contributed by atoms with Gasteiger partial charge in [-0.05, 0) is 48.7 Å². The first-order valence-electron chi connectivity index (χ1n) is 12.7. The second-order valence-corrected chi connectivity index (χ2v) is 14.7. The molecule has 40 heavy (non-hydrogen) atoms. The van der Waals surface area contributed by atoms with Crippen LogP contribution < -0.4 is 9.46 Å². The van der Waals surface area contributed by atoms with E-state index in [0.29, 0.717) is 11.3 Å². The van der Waals surface area contributed by atoms with E-state index in [9.17, 15) is 26.7 Å². The van der Waals surface area contributed by atoms with Crippen LogP contribution in [0.25, 0.3) is 0 Å². The van der Waals surface area contributed by atoms with E-state index < -0.39 is 32.2 Å². The lowest BCUT2D eigenvalue weighted by molar-refractivity contribution is -0.134. The van der Waals surface area contributed by atoms with Gasteiger partial charge in [-0.1, -0.05) is 31.2 Å². The van der Waals surface area contributed by atoms with Crippen molar-refractivity contribution in [2.45, 2.75) is 41.5 Å². The molecule has 3 aromatic rings. The van der Waals surface area contributed by atoms with Crippen molar-refractivity contribution in [1.29, 1.82) is 0 Å². The fourth-order valence-electron chi connectivity index (χ4n) is 4.46. The highest BCUT2D eigenvalue weighted by Gasteiger charge is 2.33. The highest BCUT2D eigenvalue weighted by Crippen LogP contribution is 2.31. The van der Waals surface area contributed by atoms with Crippen LogP contribution in [0.5, 0.6) is 5.75 Å². The standard InChI is InChI=1S/C27H33N3O7S3/c1-19-16-30(20(2)18-31)26(32)15-21-14-22(28-39(33,34)27-10-7-13-38-27)11-12-24(21)37-25(19)17-29(3)40(35,36)23-8-5-4-6-9-23/h4-14,19-20,25,28,31H,15-18H2,1-3H3/t19-,20+,25-/m0/s1. The third-order valence-corrected chi connectivity index (χ3v) is 11.4. The Morgan fingerprint density at radius 2 is 1.85 bits per heavy atom. The number of aliphatic hydroxyl groups excluding tert-OH is 1. The van der Waals surface area contributed by atoms with E-state index in [1.54, 1.807) is 59.7 Å². The zero-order valence-corrected chi connectivity index (χ0v) is 24.9. The fraction of sp³-hybridized carbons (Fsp3) is 0.370. The molecule has 1 aliphatic heterocycles. The number of nitrogens with zero attached hydrogens (tertiary/aromatic N) is 2. The minimum atomic E-state index is -3.81. The molecule has 216 valence electrons. The third kappa shape index (κ3) is 6.66. The number of hydrogen-bond acceptors (Lipinski definition) is 8. The molecule has 2 aromatic carbocycles. The van der Waals surface area contributed by atoms with Crippen molar-refractivity contribution in [3.05, 3.63) is 71.6 Å². The zero-order valence-electron chi connectivity index (χ0n) is 22.4. The Labute approximate surface area is 239 Å². The predicted octanol–water partition coefficient (Wildman–Crippen LogP) is 3.02. The van der Waals surface area contributed by atoms with Crippen molar-refractivity contribution >= 4 is 43.0 Å². The Balaban J connectivity index is 1.68. The van der Waals surface area contributed by atoms with E-state index in [0.717, 1.165) is 11.3 Å². The molecular formula is C27H33N3O7S3. The summed E-state index contributed by atoms with van der Waals surface area (Å²) in [6, 6.07) is 15.4. The van der Waals surface area contributed by atoms with Crippen LogP contribution in [-0.2, 0) is 31.3 Å². The number of fused-ring (bicyclic) bond motifs is 1. The topological polar surface area (TPSA) is 133 Å². The first kappa shape index (κ1) is 30.0. The number of amides is 1. The van der Waals surface area contributed by atoms with Gasteiger partial charge >= 0.3 is 0 Å². The van der Waals surface area contributed by atoms with E-state index >= 15 is 0 Å². The molecule has 0 aliphatic carbocycles. The number of benzene rings is 2. The van der Waals surface area contributed by atoms with E-state index in [-0.39, 0.29) is 52.7 Å². The Morgan fingerprint density at radius 1 is 1.12 bits per heavy atom. The molecule has 0 radical (unpaired) electrons. The summed E-state index contributed by atoms with van der Waals surface area (Å²) < 4.78 is 62.3. The smallest absolute Gasteiger partial charge is 0.271 e. The van der Waals surface area contributed by atoms with Gasteiger partial charge in [0.15, 0.2) is 0 Å². The second kappa shape index (κ2) is 12.3. The third-order valence-electron chi connectivity index (χ3n) is 6.82. The maximum absolute atomic E-state index is 13.4. The summed E-state index contributed by atoms with van der Waals surface area (Å²) >= 11 is 1.09. The van der Waals surface area contributed by atoms with Gasteiger partial charge in [0, 0.05) is 30.8 Å². The number of aliphatic hydroxyl groups is 1. The van der Waals surface area contributed by atoms with Gasteiger partial charge in [0.05, 0.1) is 30.5 Å². The zero-order chi connectivity index (χ0) is 29.1. The van der Waals surface area contributed by atoms with Gasteiger partial charge in [-0.15, -0.1) is 11.3 Å². The lowest BCUT2D eigenvalue weighted by Gasteiger charge is -2.33. The van der Waals surface area contributed by atoms with Crippen molar-refractivity contribution in [2.75, 3.05) is 31.5 Å². The first-order valence-corrected chi connectivity index (χ1v) is 16.5. The number of carbonyl (C=O) groups excluding carboxylic acids is 1. The average molecular weight is 608 g/mol. The van der Waals surface area contributed by atoms with E-state index in [1.165, 1.54) is 29.6 Å². The van der Waals surface area contributed by atoms with Crippen LogP contribution in [-0.4, -0.2) is 75.9 Å². The summed E-state index contributed by atoms with van der Waals surface area (Å²) in [5.74, 6) is -0.218. The monoisotopic (exact) mass is 607 g/mol. The van der Waals surface area contributed by atoms with Crippen molar-refractivity contribution < 1.29 is 31.5 Å². The summed E-state index contributed by atoms with van der Waals surface area (Å²) in [4.78, 5) is 15.1. The van der Waals surface area contributed by atoms with Crippen LogP contribution in [0, 0.1) is 5.92 Å². The molecule has 4 rings (SSSR count). The number of carbonyl (C=O) groups is 1. The molecule has 1 aromatic heterocycles. The molecule has 2 heterocycles. The van der Waals surface area contributed by atoms with Crippen molar-refractivity contribution in [1.82, 2.24) is 9.21 Å². The summed E-state index contributed by atoms with van der Waals surface area (Å²) in [7, 11) is -6.14. The van der Waals surface area contributed by atoms with Gasteiger partial charge < -0.3 is 14.7 Å². The maximum Gasteiger partial charge on any atom is 0.271 e. The summed E-state index contributed by atoms with van der Waals surface area (Å²) in [5, 5.41) is 11.5. The highest BCUT2D eigenvalue weighted by molar-refractivity contribution is 7.94. The summed E-state index contributed by atoms with van der Waals surface area (Å²) in [6.07, 6.45) is -0.749. The second-order valence-electron chi connectivity index (χ2n) is 9.85. The van der Waals surface area contributed by atoms with Gasteiger partial charge in [0.25, 0.3) is 10.0 Å². The first-order chi connectivity index (χ1) is 18.9. The van der Waals surface area contributed by atoms with E-state index in [4.69, 9.17) is 4.74 Å². The molecule has 0 saturated carbocycles. The van der Waals surface area contributed by atoms with Gasteiger partial charge in [-0.2, -0.15) is 4.31 Å². The molecule has 0 fully saturated rings. The molecule has 0 saturated heterocycles. The Kier molecular flexibility index (Phi) is 9.20. The number of rotatable bonds is 9. The van der Waals surface area contributed by atoms with Gasteiger partial charge in [0.1, 0.15) is 16.1 Å². The molecule has 3 atom stereocenters. The normalized spacial score (nSPS) is 19.2. The highest BCUT2D eigenvalue weighted by atomic mass is 32.2. The SMILES string of the molecule is C[C@H](CO)N1C[C@H](C)[C@H](CN(C)S(=O)(=O)c2ccccc2)Oc2ccc(NS(=O)(=O)c3cccs3)cc2CC1=O. The van der Waals surface area contributed by atoms with Crippen LogP contribution in [0.1, 0.15) is 19.4 Å². The average Bonchev–Trinajstić information content (AvgIpc) is 3.49. The predicted molar refractivity (Wildman–Crippen MR) is 153 cm³/mol. The van der Waals surface area contributed by atoms with Crippen LogP contribution in [0.15, 0.2) is 75.1 Å². The number of hydrogen-bond donors (Lipinski definition) is 2. The van der Waals surface area contributed by atoms with Crippen molar-refractivity contribution in [2.24, 2.45) is 5.92 Å². The molecule has 2 N–H and O–H groups in total. The maximum atomic E-state index is 13.4. The molecule has 10 nitrogen and oxygen atoms in total. The van der Waals surface area contributed by atoms with Gasteiger partial charge in [-0.25, -0.2) is 16.8 Å². The Morgan fingerprint density at radius 3 is 2.50 bits per heavy atom.